The zero-order chi connectivity index (χ0) is 24.3. The summed E-state index contributed by atoms with van der Waals surface area (Å²) in [4.78, 5) is 6.79. The van der Waals surface area contributed by atoms with Gasteiger partial charge in [-0.15, -0.1) is 11.3 Å². The second-order valence-electron chi connectivity index (χ2n) is 8.11. The van der Waals surface area contributed by atoms with Crippen molar-refractivity contribution in [1.82, 2.24) is 4.98 Å². The van der Waals surface area contributed by atoms with Crippen LogP contribution in [-0.2, 0) is 14.3 Å². The van der Waals surface area contributed by atoms with E-state index in [4.69, 9.17) is 13.9 Å². The van der Waals surface area contributed by atoms with E-state index in [-0.39, 0.29) is 11.5 Å². The van der Waals surface area contributed by atoms with Crippen molar-refractivity contribution in [3.8, 4) is 16.3 Å². The second-order valence-corrected chi connectivity index (χ2v) is 10.8. The minimum Gasteiger partial charge on any atom is -0.491 e. The van der Waals surface area contributed by atoms with Gasteiger partial charge in [0.2, 0.25) is 0 Å². The van der Waals surface area contributed by atoms with Crippen molar-refractivity contribution >= 4 is 37.4 Å². The molecule has 4 aromatic rings. The molecule has 1 aromatic heterocycles. The molecule has 1 N–H and O–H groups in total. The molecule has 0 aliphatic heterocycles. The fourth-order valence-corrected chi connectivity index (χ4v) is 5.14. The lowest BCUT2D eigenvalue weighted by Crippen LogP contribution is -2.25. The Balaban J connectivity index is 1.36. The lowest BCUT2D eigenvalue weighted by Gasteiger charge is -2.13. The Bertz CT molecular complexity index is 1360. The molecule has 7 nitrogen and oxygen atoms in total. The largest absolute Gasteiger partial charge is 0.491 e. The van der Waals surface area contributed by atoms with Crippen molar-refractivity contribution < 1.29 is 22.4 Å². The van der Waals surface area contributed by atoms with E-state index in [1.54, 1.807) is 29.5 Å². The molecule has 9 heteroatoms. The van der Waals surface area contributed by atoms with E-state index in [1.807, 2.05) is 50.2 Å². The predicted molar refractivity (Wildman–Crippen MR) is 135 cm³/mol. The summed E-state index contributed by atoms with van der Waals surface area (Å²) < 4.78 is 36.1. The third-order valence-corrected chi connectivity index (χ3v) is 7.52. The van der Waals surface area contributed by atoms with Crippen LogP contribution in [0.25, 0.3) is 20.8 Å². The van der Waals surface area contributed by atoms with Crippen LogP contribution in [0.1, 0.15) is 5.56 Å². The first-order valence-corrected chi connectivity index (χ1v) is 12.9. The van der Waals surface area contributed by atoms with Crippen LogP contribution in [0.5, 0.6) is 5.75 Å². The third kappa shape index (κ3) is 5.74. The molecule has 0 aliphatic rings. The van der Waals surface area contributed by atoms with E-state index in [0.717, 1.165) is 32.0 Å². The maximum absolute atomic E-state index is 12.3. The Hall–Kier alpha value is -2.98. The number of fused-ring (bicyclic) bond motifs is 1. The van der Waals surface area contributed by atoms with Gasteiger partial charge in [-0.25, -0.2) is 4.98 Å². The Morgan fingerprint density at radius 2 is 1.71 bits per heavy atom. The first-order valence-electron chi connectivity index (χ1n) is 10.7. The molecule has 0 amide bonds. The van der Waals surface area contributed by atoms with E-state index >= 15 is 0 Å². The van der Waals surface area contributed by atoms with Gasteiger partial charge in [-0.1, -0.05) is 17.7 Å². The summed E-state index contributed by atoms with van der Waals surface area (Å²) >= 11 is 1.55. The molecular weight excluding hydrogens is 472 g/mol. The highest BCUT2D eigenvalue weighted by molar-refractivity contribution is 7.86. The maximum atomic E-state index is 12.3. The highest BCUT2D eigenvalue weighted by Gasteiger charge is 2.18. The molecule has 0 spiro atoms. The van der Waals surface area contributed by atoms with Crippen LogP contribution >= 0.6 is 11.3 Å². The molecule has 0 aliphatic carbocycles. The van der Waals surface area contributed by atoms with Gasteiger partial charge >= 0.3 is 0 Å². The predicted octanol–water partition coefficient (Wildman–Crippen LogP) is 4.48. The van der Waals surface area contributed by atoms with Crippen molar-refractivity contribution in [3.63, 3.8) is 0 Å². The number of rotatable bonds is 9. The number of aliphatic hydroxyl groups is 1. The van der Waals surface area contributed by atoms with Crippen LogP contribution in [0, 0.1) is 6.92 Å². The van der Waals surface area contributed by atoms with Crippen molar-refractivity contribution in [1.29, 1.82) is 0 Å². The van der Waals surface area contributed by atoms with Crippen LogP contribution < -0.4 is 9.64 Å². The summed E-state index contributed by atoms with van der Waals surface area (Å²) in [5, 5.41) is 11.1. The van der Waals surface area contributed by atoms with E-state index < -0.39 is 22.8 Å². The van der Waals surface area contributed by atoms with Crippen LogP contribution in [0.2, 0.25) is 0 Å². The summed E-state index contributed by atoms with van der Waals surface area (Å²) in [5.74, 6) is 0.561. The fraction of sp³-hybridized carbons (Fsp3) is 0.240. The number of aromatic nitrogens is 1. The van der Waals surface area contributed by atoms with Crippen molar-refractivity contribution in [2.75, 3.05) is 32.2 Å². The van der Waals surface area contributed by atoms with Crippen molar-refractivity contribution in [2.45, 2.75) is 17.9 Å². The van der Waals surface area contributed by atoms with Gasteiger partial charge in [-0.3, -0.25) is 4.18 Å². The van der Waals surface area contributed by atoms with Crippen molar-refractivity contribution in [3.05, 3.63) is 72.3 Å². The summed E-state index contributed by atoms with van der Waals surface area (Å²) in [6, 6.07) is 20.0. The smallest absolute Gasteiger partial charge is 0.297 e. The Morgan fingerprint density at radius 1 is 1.00 bits per heavy atom. The highest BCUT2D eigenvalue weighted by Crippen LogP contribution is 2.33. The van der Waals surface area contributed by atoms with Gasteiger partial charge in [0, 0.05) is 25.3 Å². The van der Waals surface area contributed by atoms with Crippen LogP contribution in [0.4, 0.5) is 5.69 Å². The van der Waals surface area contributed by atoms with Crippen LogP contribution in [0.3, 0.4) is 0 Å². The first-order chi connectivity index (χ1) is 16.2. The van der Waals surface area contributed by atoms with E-state index in [2.05, 4.69) is 12.1 Å². The quantitative estimate of drug-likeness (QED) is 0.340. The molecule has 1 atom stereocenters. The summed E-state index contributed by atoms with van der Waals surface area (Å²) in [7, 11) is 0.0606. The van der Waals surface area contributed by atoms with Gasteiger partial charge < -0.3 is 14.7 Å². The molecule has 0 unspecified atom stereocenters. The monoisotopic (exact) mass is 498 g/mol. The first kappa shape index (κ1) is 24.2. The third-order valence-electron chi connectivity index (χ3n) is 5.16. The average Bonchev–Trinajstić information content (AvgIpc) is 3.25. The van der Waals surface area contributed by atoms with E-state index in [1.165, 1.54) is 12.1 Å². The lowest BCUT2D eigenvalue weighted by molar-refractivity contribution is 0.0649. The van der Waals surface area contributed by atoms with Gasteiger partial charge in [0.05, 0.1) is 21.7 Å². The maximum Gasteiger partial charge on any atom is 0.297 e. The van der Waals surface area contributed by atoms with Gasteiger partial charge in [0.25, 0.3) is 10.1 Å². The minimum atomic E-state index is -3.94. The number of hydrogen-bond acceptors (Lipinski definition) is 8. The number of thiazole rings is 1. The molecule has 0 saturated heterocycles. The Labute approximate surface area is 203 Å². The number of ether oxygens (including phenoxy) is 1. The normalized spacial score (nSPS) is 12.6. The van der Waals surface area contributed by atoms with Crippen molar-refractivity contribution in [2.24, 2.45) is 0 Å². The molecule has 178 valence electrons. The summed E-state index contributed by atoms with van der Waals surface area (Å²) in [5.41, 5.74) is 3.96. The van der Waals surface area contributed by atoms with Gasteiger partial charge in [0.1, 0.15) is 23.5 Å². The number of aliphatic hydroxyl groups excluding tert-OH is 1. The van der Waals surface area contributed by atoms with E-state index in [9.17, 15) is 13.5 Å². The summed E-state index contributed by atoms with van der Waals surface area (Å²) in [6.45, 7) is 1.37. The number of benzene rings is 3. The molecule has 34 heavy (non-hydrogen) atoms. The molecule has 0 fully saturated rings. The molecule has 4 rings (SSSR count). The zero-order valence-corrected chi connectivity index (χ0v) is 20.8. The molecule has 0 radical (unpaired) electrons. The van der Waals surface area contributed by atoms with Crippen LogP contribution in [0.15, 0.2) is 71.6 Å². The molecule has 1 heterocycles. The molecule has 0 bridgehead atoms. The Kier molecular flexibility index (Phi) is 7.18. The fourth-order valence-electron chi connectivity index (χ4n) is 3.20. The molecule has 3 aromatic carbocycles. The second kappa shape index (κ2) is 10.1. The standard InChI is InChI=1S/C25H26N2O5S2/c1-17-4-11-22(12-5-17)34(29,30)32-16-20(28)15-31-21-10-13-23-24(14-21)33-25(26-23)18-6-8-19(9-7-18)27(2)3/h4-14,20,28H,15-16H2,1-3H3/t20-/m1/s1. The molecular formula is C25H26N2O5S2. The lowest BCUT2D eigenvalue weighted by atomic mass is 10.2. The Morgan fingerprint density at radius 3 is 2.38 bits per heavy atom. The van der Waals surface area contributed by atoms with Gasteiger partial charge in [-0.2, -0.15) is 8.42 Å². The van der Waals surface area contributed by atoms with E-state index in [0.29, 0.717) is 5.75 Å². The molecule has 0 saturated carbocycles. The summed E-state index contributed by atoms with van der Waals surface area (Å²) in [6.07, 6.45) is -1.11. The number of anilines is 1. The van der Waals surface area contributed by atoms with Gasteiger partial charge in [0.15, 0.2) is 0 Å². The minimum absolute atomic E-state index is 0.0500. The highest BCUT2D eigenvalue weighted by atomic mass is 32.2. The topological polar surface area (TPSA) is 89.0 Å². The van der Waals surface area contributed by atoms with Gasteiger partial charge in [-0.05, 0) is 61.5 Å². The number of hydrogen-bond donors (Lipinski definition) is 1. The zero-order valence-electron chi connectivity index (χ0n) is 19.1. The number of aryl methyl sites for hydroxylation is 1. The number of nitrogens with zero attached hydrogens (tertiary/aromatic N) is 2. The van der Waals surface area contributed by atoms with Crippen LogP contribution in [-0.4, -0.2) is 51.9 Å². The SMILES string of the molecule is Cc1ccc(S(=O)(=O)OC[C@H](O)COc2ccc3nc(-c4ccc(N(C)C)cc4)sc3c2)cc1. The average molecular weight is 499 g/mol.